The summed E-state index contributed by atoms with van der Waals surface area (Å²) in [5, 5.41) is 12.4. The molecule has 0 radical (unpaired) electrons. The number of hydrogen-bond acceptors (Lipinski definition) is 13. The Labute approximate surface area is 395 Å². The SMILES string of the molecule is O=C1CC[C@H](N2C(=O)c3cccc(NCC(=O)N4CCN(CC5CCN(c6ccc(Nc7ncnc8c7ncn8C7CC(NC(=O)c8c(Cl)cccc8Cl)C7)cc6)CC5)CC4)c3C2=O)C(=O)N1. The molecule has 0 spiro atoms. The zero-order valence-corrected chi connectivity index (χ0v) is 37.9. The number of hydrogen-bond donors (Lipinski definition) is 4. The van der Waals surface area contributed by atoms with Crippen molar-refractivity contribution in [3.05, 3.63) is 100 Å². The largest absolute Gasteiger partial charge is 0.375 e. The molecule has 4 aliphatic heterocycles. The summed E-state index contributed by atoms with van der Waals surface area (Å²) in [5.41, 5.74) is 4.38. The molecule has 2 aromatic heterocycles. The second-order valence-corrected chi connectivity index (χ2v) is 18.6. The number of rotatable bonds is 12. The molecule has 4 fully saturated rings. The van der Waals surface area contributed by atoms with Crippen LogP contribution >= 0.6 is 23.2 Å². The summed E-state index contributed by atoms with van der Waals surface area (Å²) in [7, 11) is 0. The number of benzene rings is 3. The van der Waals surface area contributed by atoms with Gasteiger partial charge in [0, 0.05) is 81.4 Å². The van der Waals surface area contributed by atoms with Gasteiger partial charge in [-0.1, -0.05) is 35.3 Å². The molecule has 3 saturated heterocycles. The number of nitrogens with zero attached hydrogens (tertiary/aromatic N) is 8. The lowest BCUT2D eigenvalue weighted by molar-refractivity contribution is -0.136. The number of anilines is 4. The first-order chi connectivity index (χ1) is 32.5. The summed E-state index contributed by atoms with van der Waals surface area (Å²) in [6.07, 6.45) is 7.00. The Morgan fingerprint density at radius 2 is 1.54 bits per heavy atom. The second-order valence-electron chi connectivity index (χ2n) is 17.8. The molecule has 3 aromatic carbocycles. The smallest absolute Gasteiger partial charge is 0.264 e. The summed E-state index contributed by atoms with van der Waals surface area (Å²) in [6, 6.07) is 17.2. The van der Waals surface area contributed by atoms with Gasteiger partial charge in [0.25, 0.3) is 17.7 Å². The summed E-state index contributed by atoms with van der Waals surface area (Å²) in [6.45, 7) is 5.58. The van der Waals surface area contributed by atoms with Gasteiger partial charge >= 0.3 is 0 Å². The highest BCUT2D eigenvalue weighted by Crippen LogP contribution is 2.37. The predicted molar refractivity (Wildman–Crippen MR) is 251 cm³/mol. The van der Waals surface area contributed by atoms with Gasteiger partial charge in [-0.25, -0.2) is 15.0 Å². The monoisotopic (exact) mass is 946 g/mol. The number of carbonyl (C=O) groups excluding carboxylic acids is 6. The number of amides is 6. The fourth-order valence-electron chi connectivity index (χ4n) is 9.87. The first-order valence-corrected chi connectivity index (χ1v) is 23.4. The van der Waals surface area contributed by atoms with Gasteiger partial charge in [0.15, 0.2) is 17.0 Å². The summed E-state index contributed by atoms with van der Waals surface area (Å²) in [4.78, 5) is 98.3. The second kappa shape index (κ2) is 18.6. The Morgan fingerprint density at radius 3 is 2.27 bits per heavy atom. The van der Waals surface area contributed by atoms with E-state index in [0.29, 0.717) is 46.1 Å². The molecule has 6 amide bonds. The number of carbonyl (C=O) groups is 6. The van der Waals surface area contributed by atoms with E-state index in [1.54, 1.807) is 36.7 Å². The molecule has 0 unspecified atom stereocenters. The molecular formula is C47H48Cl2N12O6. The molecule has 18 nitrogen and oxygen atoms in total. The van der Waals surface area contributed by atoms with Crippen molar-refractivity contribution in [3.63, 3.8) is 0 Å². The van der Waals surface area contributed by atoms with Crippen LogP contribution in [-0.4, -0.2) is 134 Å². The molecule has 1 atom stereocenters. The van der Waals surface area contributed by atoms with E-state index in [1.807, 2.05) is 9.47 Å². The number of piperidine rings is 2. The minimum Gasteiger partial charge on any atom is -0.375 e. The maximum Gasteiger partial charge on any atom is 0.264 e. The molecule has 4 N–H and O–H groups in total. The average molecular weight is 948 g/mol. The summed E-state index contributed by atoms with van der Waals surface area (Å²) >= 11 is 12.5. The average Bonchev–Trinajstić information content (AvgIpc) is 3.85. The zero-order chi connectivity index (χ0) is 46.3. The number of imidazole rings is 1. The molecule has 67 heavy (non-hydrogen) atoms. The van der Waals surface area contributed by atoms with Gasteiger partial charge in [-0.15, -0.1) is 0 Å². The minimum atomic E-state index is -1.06. The van der Waals surface area contributed by atoms with Gasteiger partial charge in [0.1, 0.15) is 12.4 Å². The van der Waals surface area contributed by atoms with Gasteiger partial charge in [-0.2, -0.15) is 0 Å². The van der Waals surface area contributed by atoms with Crippen molar-refractivity contribution in [3.8, 4) is 0 Å². The molecule has 1 aliphatic carbocycles. The molecular weight excluding hydrogens is 900 g/mol. The zero-order valence-electron chi connectivity index (χ0n) is 36.4. The van der Waals surface area contributed by atoms with E-state index in [9.17, 15) is 28.8 Å². The Bertz CT molecular complexity index is 2760. The maximum absolute atomic E-state index is 13.5. The lowest BCUT2D eigenvalue weighted by atomic mass is 9.86. The molecule has 0 bridgehead atoms. The first-order valence-electron chi connectivity index (χ1n) is 22.6. The standard InChI is InChI=1S/C47H48Cl2N12O6/c48-33-4-2-5-34(49)40(33)45(65)55-29-21-31(22-29)60-26-53-41-42(51-25-52-43(41)60)54-28-7-9-30(10-8-28)58-15-13-27(14-16-58)24-57-17-19-59(20-18-57)38(63)23-50-35-6-1-3-32-39(35)47(67)61(46(32)66)36-11-12-37(62)56-44(36)64/h1-10,25-27,29,31,36,50H,11-24H2,(H,55,65)(H,51,52,54)(H,56,62,64)/t29?,31?,36-/m0/s1. The van der Waals surface area contributed by atoms with Crippen LogP contribution in [0.15, 0.2) is 73.3 Å². The first kappa shape index (κ1) is 44.2. The third-order valence-electron chi connectivity index (χ3n) is 13.6. The van der Waals surface area contributed by atoms with Gasteiger partial charge in [0.05, 0.1) is 39.6 Å². The highest BCUT2D eigenvalue weighted by molar-refractivity contribution is 6.39. The third-order valence-corrected chi connectivity index (χ3v) is 14.3. The lowest BCUT2D eigenvalue weighted by Gasteiger charge is -2.39. The highest BCUT2D eigenvalue weighted by atomic mass is 35.5. The third kappa shape index (κ3) is 8.88. The molecule has 20 heteroatoms. The quantitative estimate of drug-likeness (QED) is 0.123. The van der Waals surface area contributed by atoms with Crippen LogP contribution < -0.4 is 26.2 Å². The van der Waals surface area contributed by atoms with Crippen LogP contribution in [0.4, 0.5) is 22.9 Å². The van der Waals surface area contributed by atoms with Gasteiger partial charge in [-0.05, 0) is 86.6 Å². The normalized spacial score (nSPS) is 21.3. The van der Waals surface area contributed by atoms with Crippen LogP contribution in [0, 0.1) is 5.92 Å². The van der Waals surface area contributed by atoms with Gasteiger partial charge < -0.3 is 30.3 Å². The van der Waals surface area contributed by atoms with E-state index in [-0.39, 0.29) is 60.0 Å². The topological polar surface area (TPSA) is 207 Å². The number of imide groups is 2. The molecule has 10 rings (SSSR count). The molecule has 6 heterocycles. The Morgan fingerprint density at radius 1 is 0.806 bits per heavy atom. The van der Waals surface area contributed by atoms with Gasteiger partial charge in [0.2, 0.25) is 17.7 Å². The van der Waals surface area contributed by atoms with Crippen LogP contribution in [0.25, 0.3) is 11.2 Å². The lowest BCUT2D eigenvalue weighted by Crippen LogP contribution is -2.54. The van der Waals surface area contributed by atoms with Crippen LogP contribution in [-0.2, 0) is 14.4 Å². The number of aromatic nitrogens is 4. The Balaban J connectivity index is 0.658. The van der Waals surface area contributed by atoms with Gasteiger partial charge in [-0.3, -0.25) is 43.9 Å². The van der Waals surface area contributed by atoms with Crippen molar-refractivity contribution in [2.75, 3.05) is 67.9 Å². The Hall–Kier alpha value is -6.63. The van der Waals surface area contributed by atoms with Crippen molar-refractivity contribution in [2.45, 2.75) is 56.7 Å². The van der Waals surface area contributed by atoms with Crippen LogP contribution in [0.3, 0.4) is 0 Å². The highest BCUT2D eigenvalue weighted by Gasteiger charge is 2.46. The molecule has 346 valence electrons. The number of nitrogens with one attached hydrogen (secondary N) is 4. The molecule has 1 saturated carbocycles. The van der Waals surface area contributed by atoms with E-state index >= 15 is 0 Å². The number of piperazine rings is 1. The van der Waals surface area contributed by atoms with Crippen molar-refractivity contribution in [1.29, 1.82) is 0 Å². The fraction of sp³-hybridized carbons (Fsp3) is 0.383. The summed E-state index contributed by atoms with van der Waals surface area (Å²) < 4.78 is 2.04. The van der Waals surface area contributed by atoms with E-state index in [1.165, 1.54) is 12.4 Å². The number of fused-ring (bicyclic) bond motifs is 2. The van der Waals surface area contributed by atoms with Crippen molar-refractivity contribution < 1.29 is 28.8 Å². The van der Waals surface area contributed by atoms with Crippen molar-refractivity contribution in [1.82, 2.24) is 44.9 Å². The Kier molecular flexibility index (Phi) is 12.3. The maximum atomic E-state index is 13.5. The van der Waals surface area contributed by atoms with Crippen molar-refractivity contribution >= 4 is 92.7 Å². The molecule has 5 aliphatic rings. The van der Waals surface area contributed by atoms with E-state index < -0.39 is 29.7 Å². The molecule has 5 aromatic rings. The van der Waals surface area contributed by atoms with E-state index in [0.717, 1.165) is 80.3 Å². The van der Waals surface area contributed by atoms with Crippen LogP contribution in [0.1, 0.15) is 75.6 Å². The van der Waals surface area contributed by atoms with Crippen LogP contribution in [0.2, 0.25) is 10.0 Å². The van der Waals surface area contributed by atoms with Crippen molar-refractivity contribution in [2.24, 2.45) is 5.92 Å². The van der Waals surface area contributed by atoms with E-state index in [2.05, 4.69) is 70.3 Å². The van der Waals surface area contributed by atoms with E-state index in [4.69, 9.17) is 23.2 Å². The number of halogens is 2. The van der Waals surface area contributed by atoms with Crippen LogP contribution in [0.5, 0.6) is 0 Å². The minimum absolute atomic E-state index is 0.0244. The fourth-order valence-corrected chi connectivity index (χ4v) is 10.4. The summed E-state index contributed by atoms with van der Waals surface area (Å²) in [5.74, 6) is -1.52. The predicted octanol–water partition coefficient (Wildman–Crippen LogP) is 4.88.